The van der Waals surface area contributed by atoms with E-state index in [-0.39, 0.29) is 44.5 Å². The number of amides is 1. The summed E-state index contributed by atoms with van der Waals surface area (Å²) < 4.78 is 32.5. The van der Waals surface area contributed by atoms with Gasteiger partial charge in [0, 0.05) is 37.2 Å². The number of benzene rings is 2. The van der Waals surface area contributed by atoms with E-state index in [1.54, 1.807) is 35.2 Å². The summed E-state index contributed by atoms with van der Waals surface area (Å²) in [6, 6.07) is 18.1. The zero-order valence-electron chi connectivity index (χ0n) is 17.2. The third kappa shape index (κ3) is 4.87. The second kappa shape index (κ2) is 9.33. The summed E-state index contributed by atoms with van der Waals surface area (Å²) in [5.41, 5.74) is 1.45. The largest absolute Gasteiger partial charge is 0.442 e. The molecule has 32 heavy (non-hydrogen) atoms. The lowest BCUT2D eigenvalue weighted by atomic mass is 10.2. The van der Waals surface area contributed by atoms with Crippen molar-refractivity contribution in [3.05, 3.63) is 82.2 Å². The van der Waals surface area contributed by atoms with Crippen LogP contribution in [-0.2, 0) is 21.4 Å². The molecule has 1 amide bonds. The summed E-state index contributed by atoms with van der Waals surface area (Å²) in [7, 11) is -3.60. The van der Waals surface area contributed by atoms with Crippen LogP contribution >= 0.6 is 0 Å². The van der Waals surface area contributed by atoms with Crippen molar-refractivity contribution < 1.29 is 17.7 Å². The Hall–Kier alpha value is -3.50. The normalized spacial score (nSPS) is 15.3. The van der Waals surface area contributed by atoms with Gasteiger partial charge in [-0.1, -0.05) is 65.8 Å². The Kier molecular flexibility index (Phi) is 6.33. The fourth-order valence-electron chi connectivity index (χ4n) is 3.44. The molecule has 1 fully saturated rings. The topological polar surface area (TPSA) is 106 Å². The van der Waals surface area contributed by atoms with E-state index in [4.69, 9.17) is 4.52 Å². The Labute approximate surface area is 185 Å². The van der Waals surface area contributed by atoms with Crippen LogP contribution in [0.15, 0.2) is 75.4 Å². The van der Waals surface area contributed by atoms with Gasteiger partial charge >= 0.3 is 5.76 Å². The van der Waals surface area contributed by atoms with Crippen LogP contribution in [-0.4, -0.2) is 59.4 Å². The average molecular weight is 455 g/mol. The van der Waals surface area contributed by atoms with Gasteiger partial charge in [-0.2, -0.15) is 4.31 Å². The number of hydrogen-bond acceptors (Lipinski definition) is 6. The highest BCUT2D eigenvalue weighted by Gasteiger charge is 2.28. The summed E-state index contributed by atoms with van der Waals surface area (Å²) in [5, 5.41) is 4.97. The van der Waals surface area contributed by atoms with E-state index >= 15 is 0 Å². The molecule has 1 saturated heterocycles. The molecule has 9 nitrogen and oxygen atoms in total. The van der Waals surface area contributed by atoms with Crippen LogP contribution in [0, 0.1) is 0 Å². The molecule has 0 bridgehead atoms. The molecule has 1 aromatic heterocycles. The zero-order valence-corrected chi connectivity index (χ0v) is 18.0. The maximum atomic E-state index is 12.8. The number of rotatable bonds is 6. The summed E-state index contributed by atoms with van der Waals surface area (Å²) in [6.45, 7) is 0.595. The third-order valence-corrected chi connectivity index (χ3v) is 6.76. The third-order valence-electron chi connectivity index (χ3n) is 5.19. The predicted molar refractivity (Wildman–Crippen MR) is 119 cm³/mol. The summed E-state index contributed by atoms with van der Waals surface area (Å²) in [4.78, 5) is 26.4. The molecule has 4 rings (SSSR count). The highest BCUT2D eigenvalue weighted by Crippen LogP contribution is 2.16. The summed E-state index contributed by atoms with van der Waals surface area (Å²) in [6.07, 6.45) is 1.55. The molecule has 0 atom stereocenters. The molecule has 2 heterocycles. The lowest BCUT2D eigenvalue weighted by Gasteiger charge is -2.33. The maximum Gasteiger partial charge on any atom is 0.442 e. The molecular weight excluding hydrogens is 432 g/mol. The molecule has 3 aromatic rings. The smallest absolute Gasteiger partial charge is 0.338 e. The van der Waals surface area contributed by atoms with Crippen LogP contribution in [0.3, 0.4) is 0 Å². The first kappa shape index (κ1) is 21.7. The van der Waals surface area contributed by atoms with Gasteiger partial charge in [-0.25, -0.2) is 17.8 Å². The highest BCUT2D eigenvalue weighted by atomic mass is 32.2. The lowest BCUT2D eigenvalue weighted by molar-refractivity contribution is -0.133. The van der Waals surface area contributed by atoms with Crippen molar-refractivity contribution in [2.24, 2.45) is 0 Å². The summed E-state index contributed by atoms with van der Waals surface area (Å²) in [5.74, 6) is -0.745. The first-order chi connectivity index (χ1) is 15.4. The SMILES string of the molecule is O=C(Cn1c(-c2ccccc2)noc1=O)N1CCN(S(=O)(=O)/C=C/c2ccccc2)CC1. The van der Waals surface area contributed by atoms with Crippen molar-refractivity contribution in [1.29, 1.82) is 0 Å². The van der Waals surface area contributed by atoms with Crippen molar-refractivity contribution >= 4 is 22.0 Å². The number of sulfonamides is 1. The standard InChI is InChI=1S/C22H22N4O5S/c27-20(17-26-21(23-31-22(26)28)19-9-5-2-6-10-19)24-12-14-25(15-13-24)32(29,30)16-11-18-7-3-1-4-8-18/h1-11,16H,12-15,17H2/b16-11+. The van der Waals surface area contributed by atoms with Crippen molar-refractivity contribution in [3.63, 3.8) is 0 Å². The molecule has 1 aliphatic heterocycles. The zero-order chi connectivity index (χ0) is 22.6. The van der Waals surface area contributed by atoms with Crippen LogP contribution in [0.1, 0.15) is 5.56 Å². The molecule has 0 aliphatic carbocycles. The molecule has 10 heteroatoms. The van der Waals surface area contributed by atoms with Crippen LogP contribution in [0.4, 0.5) is 0 Å². The quantitative estimate of drug-likeness (QED) is 0.561. The molecule has 2 aromatic carbocycles. The Balaban J connectivity index is 1.39. The fourth-order valence-corrected chi connectivity index (χ4v) is 4.62. The van der Waals surface area contributed by atoms with Gasteiger partial charge < -0.3 is 4.90 Å². The van der Waals surface area contributed by atoms with Crippen LogP contribution in [0.5, 0.6) is 0 Å². The van der Waals surface area contributed by atoms with Gasteiger partial charge in [-0.3, -0.25) is 9.32 Å². The van der Waals surface area contributed by atoms with E-state index in [1.807, 2.05) is 36.4 Å². The Bertz CT molecular complexity index is 1260. The van der Waals surface area contributed by atoms with Gasteiger partial charge in [-0.15, -0.1) is 0 Å². The Morgan fingerprint density at radius 1 is 0.969 bits per heavy atom. The molecule has 0 N–H and O–H groups in total. The van der Waals surface area contributed by atoms with Gasteiger partial charge in [0.05, 0.1) is 0 Å². The van der Waals surface area contributed by atoms with E-state index in [9.17, 15) is 18.0 Å². The van der Waals surface area contributed by atoms with E-state index < -0.39 is 15.8 Å². The Morgan fingerprint density at radius 2 is 1.59 bits per heavy atom. The number of nitrogens with zero attached hydrogens (tertiary/aromatic N) is 4. The minimum absolute atomic E-state index is 0.178. The van der Waals surface area contributed by atoms with Gasteiger partial charge in [0.25, 0.3) is 0 Å². The monoisotopic (exact) mass is 454 g/mol. The molecule has 0 spiro atoms. The van der Waals surface area contributed by atoms with E-state index in [0.29, 0.717) is 5.56 Å². The number of carbonyl (C=O) groups is 1. The molecule has 1 aliphatic rings. The van der Waals surface area contributed by atoms with Crippen molar-refractivity contribution in [3.8, 4) is 11.4 Å². The number of piperazine rings is 1. The van der Waals surface area contributed by atoms with Gasteiger partial charge in [-0.05, 0) is 11.6 Å². The van der Waals surface area contributed by atoms with Crippen LogP contribution in [0.25, 0.3) is 17.5 Å². The molecule has 166 valence electrons. The van der Waals surface area contributed by atoms with Crippen LogP contribution < -0.4 is 5.76 Å². The molecule has 0 radical (unpaired) electrons. The second-order valence-corrected chi connectivity index (χ2v) is 9.08. The minimum atomic E-state index is -3.60. The lowest BCUT2D eigenvalue weighted by Crippen LogP contribution is -2.51. The predicted octanol–water partition coefficient (Wildman–Crippen LogP) is 1.65. The molecule has 0 unspecified atom stereocenters. The molecule has 0 saturated carbocycles. The van der Waals surface area contributed by atoms with Crippen molar-refractivity contribution in [2.75, 3.05) is 26.2 Å². The van der Waals surface area contributed by atoms with E-state index in [0.717, 1.165) is 5.56 Å². The van der Waals surface area contributed by atoms with Crippen LogP contribution in [0.2, 0.25) is 0 Å². The fraction of sp³-hybridized carbons (Fsp3) is 0.227. The Morgan fingerprint density at radius 3 is 2.25 bits per heavy atom. The maximum absolute atomic E-state index is 12.8. The summed E-state index contributed by atoms with van der Waals surface area (Å²) >= 11 is 0. The second-order valence-electron chi connectivity index (χ2n) is 7.26. The highest BCUT2D eigenvalue weighted by molar-refractivity contribution is 7.92. The number of carbonyl (C=O) groups excluding carboxylic acids is 1. The van der Waals surface area contributed by atoms with Crippen molar-refractivity contribution in [1.82, 2.24) is 18.9 Å². The van der Waals surface area contributed by atoms with Gasteiger partial charge in [0.15, 0.2) is 5.82 Å². The van der Waals surface area contributed by atoms with E-state index in [1.165, 1.54) is 14.3 Å². The first-order valence-electron chi connectivity index (χ1n) is 10.1. The van der Waals surface area contributed by atoms with Gasteiger partial charge in [0.1, 0.15) is 6.54 Å². The van der Waals surface area contributed by atoms with Crippen molar-refractivity contribution in [2.45, 2.75) is 6.54 Å². The number of hydrogen-bond donors (Lipinski definition) is 0. The molecular formula is C22H22N4O5S. The van der Waals surface area contributed by atoms with E-state index in [2.05, 4.69) is 5.16 Å². The number of aromatic nitrogens is 2. The minimum Gasteiger partial charge on any atom is -0.338 e. The van der Waals surface area contributed by atoms with Gasteiger partial charge in [0.2, 0.25) is 15.9 Å². The average Bonchev–Trinajstić information content (AvgIpc) is 3.19. The first-order valence-corrected chi connectivity index (χ1v) is 11.6.